The van der Waals surface area contributed by atoms with E-state index in [2.05, 4.69) is 11.9 Å². The lowest BCUT2D eigenvalue weighted by Crippen LogP contribution is -2.36. The Kier molecular flexibility index (Phi) is 5.39. The maximum absolute atomic E-state index is 11.7. The fourth-order valence-electron chi connectivity index (χ4n) is 1.37. The van der Waals surface area contributed by atoms with Crippen LogP contribution in [0.15, 0.2) is 36.9 Å². The van der Waals surface area contributed by atoms with Crippen molar-refractivity contribution in [2.45, 2.75) is 6.92 Å². The number of halogens is 1. The Morgan fingerprint density at radius 2 is 2.00 bits per heavy atom. The first-order valence-electron chi connectivity index (χ1n) is 5.44. The highest BCUT2D eigenvalue weighted by Crippen LogP contribution is 2.13. The second-order valence-corrected chi connectivity index (χ2v) is 4.18. The molecule has 1 aromatic rings. The number of nitrogens with zero attached hydrogens (tertiary/aromatic N) is 1. The Morgan fingerprint density at radius 3 is 2.50 bits per heavy atom. The Labute approximate surface area is 111 Å². The van der Waals surface area contributed by atoms with Gasteiger partial charge in [0.15, 0.2) is 0 Å². The van der Waals surface area contributed by atoms with Crippen molar-refractivity contribution < 1.29 is 9.59 Å². The van der Waals surface area contributed by atoms with Gasteiger partial charge in [0.25, 0.3) is 0 Å². The van der Waals surface area contributed by atoms with Crippen LogP contribution in [0.25, 0.3) is 0 Å². The van der Waals surface area contributed by atoms with Gasteiger partial charge >= 0.3 is 0 Å². The SMILES string of the molecule is C=CCN(CC(=O)Nc1ccc(Cl)cc1)C(C)=O. The molecule has 0 saturated heterocycles. The lowest BCUT2D eigenvalue weighted by molar-refractivity contribution is -0.132. The lowest BCUT2D eigenvalue weighted by atomic mass is 10.3. The first-order valence-corrected chi connectivity index (χ1v) is 5.82. The van der Waals surface area contributed by atoms with Crippen LogP contribution in [0.1, 0.15) is 6.92 Å². The summed E-state index contributed by atoms with van der Waals surface area (Å²) < 4.78 is 0. The molecule has 4 nitrogen and oxygen atoms in total. The minimum absolute atomic E-state index is 0.00395. The first-order chi connectivity index (χ1) is 8.52. The van der Waals surface area contributed by atoms with Crippen molar-refractivity contribution in [3.05, 3.63) is 41.9 Å². The number of hydrogen-bond acceptors (Lipinski definition) is 2. The lowest BCUT2D eigenvalue weighted by Gasteiger charge is -2.18. The molecule has 0 bridgehead atoms. The number of anilines is 1. The normalized spacial score (nSPS) is 9.67. The van der Waals surface area contributed by atoms with Crippen molar-refractivity contribution in [3.63, 3.8) is 0 Å². The zero-order valence-electron chi connectivity index (χ0n) is 10.1. The quantitative estimate of drug-likeness (QED) is 0.832. The van der Waals surface area contributed by atoms with E-state index in [0.29, 0.717) is 17.3 Å². The van der Waals surface area contributed by atoms with Gasteiger partial charge in [-0.25, -0.2) is 0 Å². The van der Waals surface area contributed by atoms with Crippen LogP contribution in [0.3, 0.4) is 0 Å². The van der Waals surface area contributed by atoms with E-state index < -0.39 is 0 Å². The standard InChI is InChI=1S/C13H15ClN2O2/c1-3-8-16(10(2)17)9-13(18)15-12-6-4-11(14)5-7-12/h3-7H,1,8-9H2,2H3,(H,15,18). The smallest absolute Gasteiger partial charge is 0.244 e. The molecule has 2 amide bonds. The Balaban J connectivity index is 2.57. The fraction of sp³-hybridized carbons (Fsp3) is 0.231. The molecule has 18 heavy (non-hydrogen) atoms. The van der Waals surface area contributed by atoms with Gasteiger partial charge in [-0.3, -0.25) is 9.59 Å². The zero-order valence-corrected chi connectivity index (χ0v) is 10.9. The maximum Gasteiger partial charge on any atom is 0.244 e. The van der Waals surface area contributed by atoms with E-state index in [1.807, 2.05) is 0 Å². The molecule has 96 valence electrons. The molecule has 0 fully saturated rings. The van der Waals surface area contributed by atoms with E-state index in [1.54, 1.807) is 30.3 Å². The van der Waals surface area contributed by atoms with Crippen LogP contribution >= 0.6 is 11.6 Å². The van der Waals surface area contributed by atoms with Gasteiger partial charge < -0.3 is 10.2 Å². The van der Waals surface area contributed by atoms with E-state index >= 15 is 0 Å². The summed E-state index contributed by atoms with van der Waals surface area (Å²) in [6.45, 7) is 5.31. The van der Waals surface area contributed by atoms with Crippen LogP contribution in [0.4, 0.5) is 5.69 Å². The topological polar surface area (TPSA) is 49.4 Å². The number of carbonyl (C=O) groups is 2. The summed E-state index contributed by atoms with van der Waals surface area (Å²) in [4.78, 5) is 24.4. The third-order valence-corrected chi connectivity index (χ3v) is 2.51. The Morgan fingerprint density at radius 1 is 1.39 bits per heavy atom. The van der Waals surface area contributed by atoms with Gasteiger partial charge in [-0.2, -0.15) is 0 Å². The van der Waals surface area contributed by atoms with Crippen molar-refractivity contribution in [1.82, 2.24) is 4.90 Å². The number of benzene rings is 1. The molecule has 1 N–H and O–H groups in total. The largest absolute Gasteiger partial charge is 0.330 e. The Hall–Kier alpha value is -1.81. The molecule has 1 aromatic carbocycles. The van der Waals surface area contributed by atoms with Crippen molar-refractivity contribution in [2.24, 2.45) is 0 Å². The molecule has 0 spiro atoms. The average molecular weight is 267 g/mol. The highest BCUT2D eigenvalue weighted by molar-refractivity contribution is 6.30. The molecule has 0 aliphatic carbocycles. The van der Waals surface area contributed by atoms with E-state index in [-0.39, 0.29) is 18.4 Å². The van der Waals surface area contributed by atoms with E-state index in [9.17, 15) is 9.59 Å². The van der Waals surface area contributed by atoms with Gasteiger partial charge in [-0.05, 0) is 24.3 Å². The van der Waals surface area contributed by atoms with Crippen molar-refractivity contribution in [1.29, 1.82) is 0 Å². The van der Waals surface area contributed by atoms with Crippen LogP contribution in [0, 0.1) is 0 Å². The number of carbonyl (C=O) groups excluding carboxylic acids is 2. The van der Waals surface area contributed by atoms with Gasteiger partial charge in [-0.1, -0.05) is 17.7 Å². The molecule has 0 unspecified atom stereocenters. The summed E-state index contributed by atoms with van der Waals surface area (Å²) in [6, 6.07) is 6.77. The van der Waals surface area contributed by atoms with Gasteiger partial charge in [0.1, 0.15) is 6.54 Å². The van der Waals surface area contributed by atoms with Gasteiger partial charge in [-0.15, -0.1) is 6.58 Å². The number of hydrogen-bond donors (Lipinski definition) is 1. The van der Waals surface area contributed by atoms with Crippen LogP contribution in [-0.4, -0.2) is 29.8 Å². The zero-order chi connectivity index (χ0) is 13.5. The third-order valence-electron chi connectivity index (χ3n) is 2.26. The average Bonchev–Trinajstić information content (AvgIpc) is 2.31. The molecule has 5 heteroatoms. The number of nitrogens with one attached hydrogen (secondary N) is 1. The predicted octanol–water partition coefficient (Wildman–Crippen LogP) is 2.31. The van der Waals surface area contributed by atoms with Crippen molar-refractivity contribution in [2.75, 3.05) is 18.4 Å². The summed E-state index contributed by atoms with van der Waals surface area (Å²) in [6.07, 6.45) is 1.58. The summed E-state index contributed by atoms with van der Waals surface area (Å²) in [5.41, 5.74) is 0.645. The molecule has 0 aromatic heterocycles. The first kappa shape index (κ1) is 14.3. The van der Waals surface area contributed by atoms with Crippen LogP contribution in [0.5, 0.6) is 0 Å². The van der Waals surface area contributed by atoms with Crippen LogP contribution < -0.4 is 5.32 Å². The number of rotatable bonds is 5. The van der Waals surface area contributed by atoms with Gasteiger partial charge in [0.2, 0.25) is 11.8 Å². The monoisotopic (exact) mass is 266 g/mol. The molecular weight excluding hydrogens is 252 g/mol. The molecule has 0 saturated carbocycles. The summed E-state index contributed by atoms with van der Waals surface area (Å²) in [5, 5.41) is 3.29. The number of amides is 2. The molecule has 1 rings (SSSR count). The van der Waals surface area contributed by atoms with Crippen molar-refractivity contribution >= 4 is 29.1 Å². The van der Waals surface area contributed by atoms with Gasteiger partial charge in [0.05, 0.1) is 0 Å². The predicted molar refractivity (Wildman–Crippen MR) is 72.5 cm³/mol. The molecule has 0 atom stereocenters. The van der Waals surface area contributed by atoms with Crippen molar-refractivity contribution in [3.8, 4) is 0 Å². The molecule has 0 radical (unpaired) electrons. The second-order valence-electron chi connectivity index (χ2n) is 3.74. The highest BCUT2D eigenvalue weighted by Gasteiger charge is 2.11. The second kappa shape index (κ2) is 6.81. The summed E-state index contributed by atoms with van der Waals surface area (Å²) >= 11 is 5.74. The molecule has 0 aliphatic heterocycles. The maximum atomic E-state index is 11.7. The van der Waals surface area contributed by atoms with Crippen LogP contribution in [-0.2, 0) is 9.59 Å². The minimum atomic E-state index is -0.255. The van der Waals surface area contributed by atoms with E-state index in [0.717, 1.165) is 0 Å². The van der Waals surface area contributed by atoms with Crippen LogP contribution in [0.2, 0.25) is 5.02 Å². The Bertz CT molecular complexity index is 443. The molecular formula is C13H15ClN2O2. The van der Waals surface area contributed by atoms with E-state index in [4.69, 9.17) is 11.6 Å². The minimum Gasteiger partial charge on any atom is -0.330 e. The molecule has 0 aliphatic rings. The van der Waals surface area contributed by atoms with E-state index in [1.165, 1.54) is 11.8 Å². The fourth-order valence-corrected chi connectivity index (χ4v) is 1.49. The third kappa shape index (κ3) is 4.59. The highest BCUT2D eigenvalue weighted by atomic mass is 35.5. The summed E-state index contributed by atoms with van der Waals surface area (Å²) in [5.74, 6) is -0.421. The van der Waals surface area contributed by atoms with Gasteiger partial charge in [0, 0.05) is 24.2 Å². The summed E-state index contributed by atoms with van der Waals surface area (Å²) in [7, 11) is 0. The molecule has 0 heterocycles.